The Morgan fingerprint density at radius 2 is 2.09 bits per heavy atom. The number of hydrogen-bond acceptors (Lipinski definition) is 4. The SMILES string of the molecule is CCOC(=O)[C@H]1CCC[NH+](Cc2ccc(OC)c(OCC)c2)C1. The second kappa shape index (κ2) is 8.77. The number of likely N-dealkylation sites (tertiary alicyclic amines) is 1. The highest BCUT2D eigenvalue weighted by Crippen LogP contribution is 2.27. The molecule has 1 aromatic carbocycles. The fraction of sp³-hybridized carbons (Fsp3) is 0.611. The average molecular weight is 322 g/mol. The van der Waals surface area contributed by atoms with Crippen LogP contribution in [0.1, 0.15) is 32.3 Å². The molecular formula is C18H28NO4+. The quantitative estimate of drug-likeness (QED) is 0.772. The van der Waals surface area contributed by atoms with Gasteiger partial charge in [0.2, 0.25) is 0 Å². The van der Waals surface area contributed by atoms with E-state index in [0.29, 0.717) is 13.2 Å². The van der Waals surface area contributed by atoms with Crippen LogP contribution in [0.2, 0.25) is 0 Å². The van der Waals surface area contributed by atoms with E-state index >= 15 is 0 Å². The van der Waals surface area contributed by atoms with Gasteiger partial charge in [0.05, 0.1) is 33.4 Å². The van der Waals surface area contributed by atoms with Crippen LogP contribution in [0.3, 0.4) is 0 Å². The topological polar surface area (TPSA) is 49.2 Å². The Balaban J connectivity index is 2.00. The van der Waals surface area contributed by atoms with Crippen LogP contribution >= 0.6 is 0 Å². The predicted octanol–water partition coefficient (Wildman–Crippen LogP) is 1.45. The van der Waals surface area contributed by atoms with Gasteiger partial charge in [0.15, 0.2) is 11.5 Å². The monoisotopic (exact) mass is 322 g/mol. The Hall–Kier alpha value is -1.75. The summed E-state index contributed by atoms with van der Waals surface area (Å²) >= 11 is 0. The van der Waals surface area contributed by atoms with Gasteiger partial charge in [0, 0.05) is 5.56 Å². The Morgan fingerprint density at radius 3 is 2.78 bits per heavy atom. The first-order valence-electron chi connectivity index (χ1n) is 8.47. The Morgan fingerprint density at radius 1 is 1.26 bits per heavy atom. The van der Waals surface area contributed by atoms with E-state index in [1.54, 1.807) is 7.11 Å². The van der Waals surface area contributed by atoms with Crippen molar-refractivity contribution >= 4 is 5.97 Å². The zero-order valence-electron chi connectivity index (χ0n) is 14.4. The predicted molar refractivity (Wildman–Crippen MR) is 87.9 cm³/mol. The van der Waals surface area contributed by atoms with E-state index in [1.807, 2.05) is 26.0 Å². The molecule has 1 fully saturated rings. The summed E-state index contributed by atoms with van der Waals surface area (Å²) in [6, 6.07) is 6.07. The van der Waals surface area contributed by atoms with Crippen LogP contribution in [0, 0.1) is 5.92 Å². The van der Waals surface area contributed by atoms with Crippen LogP contribution in [0.4, 0.5) is 0 Å². The van der Waals surface area contributed by atoms with E-state index in [1.165, 1.54) is 10.5 Å². The maximum Gasteiger partial charge on any atom is 0.314 e. The first-order valence-corrected chi connectivity index (χ1v) is 8.47. The van der Waals surface area contributed by atoms with Crippen LogP contribution in [0.15, 0.2) is 18.2 Å². The normalized spacial score (nSPS) is 20.8. The van der Waals surface area contributed by atoms with Gasteiger partial charge in [-0.05, 0) is 44.9 Å². The number of rotatable bonds is 7. The van der Waals surface area contributed by atoms with Gasteiger partial charge < -0.3 is 19.1 Å². The highest BCUT2D eigenvalue weighted by Gasteiger charge is 2.29. The zero-order chi connectivity index (χ0) is 16.7. The molecule has 1 aromatic rings. The number of nitrogens with one attached hydrogen (secondary N) is 1. The Bertz CT molecular complexity index is 518. The summed E-state index contributed by atoms with van der Waals surface area (Å²) in [4.78, 5) is 13.4. The van der Waals surface area contributed by atoms with E-state index < -0.39 is 0 Å². The molecule has 1 aliphatic heterocycles. The van der Waals surface area contributed by atoms with Gasteiger partial charge in [0.25, 0.3) is 0 Å². The van der Waals surface area contributed by atoms with Crippen LogP contribution in [-0.4, -0.2) is 39.4 Å². The third kappa shape index (κ3) is 4.86. The second-order valence-electron chi connectivity index (χ2n) is 5.89. The molecule has 2 atom stereocenters. The standard InChI is InChI=1S/C18H27NO4/c1-4-22-17-11-14(8-9-16(17)21-3)12-19-10-6-7-15(13-19)18(20)23-5-2/h8-9,11,15H,4-7,10,12-13H2,1-3H3/p+1/t15-/m0/s1. The van der Waals surface area contributed by atoms with Crippen molar-refractivity contribution in [1.82, 2.24) is 0 Å². The molecular weight excluding hydrogens is 294 g/mol. The molecule has 1 unspecified atom stereocenters. The molecule has 5 nitrogen and oxygen atoms in total. The molecule has 0 radical (unpaired) electrons. The number of methoxy groups -OCH3 is 1. The van der Waals surface area contributed by atoms with Crippen LogP contribution in [0.25, 0.3) is 0 Å². The summed E-state index contributed by atoms with van der Waals surface area (Å²) in [5.74, 6) is 1.53. The highest BCUT2D eigenvalue weighted by molar-refractivity contribution is 5.72. The molecule has 0 amide bonds. The van der Waals surface area contributed by atoms with Gasteiger partial charge in [-0.1, -0.05) is 0 Å². The van der Waals surface area contributed by atoms with Crippen molar-refractivity contribution in [2.75, 3.05) is 33.4 Å². The number of carbonyl (C=O) groups is 1. The van der Waals surface area contributed by atoms with Crippen molar-refractivity contribution in [2.45, 2.75) is 33.2 Å². The van der Waals surface area contributed by atoms with Crippen molar-refractivity contribution in [3.63, 3.8) is 0 Å². The maximum absolute atomic E-state index is 11.9. The number of carbonyl (C=O) groups excluding carboxylic acids is 1. The van der Waals surface area contributed by atoms with Crippen molar-refractivity contribution in [3.8, 4) is 11.5 Å². The average Bonchev–Trinajstić information content (AvgIpc) is 2.56. The molecule has 0 spiro atoms. The lowest BCUT2D eigenvalue weighted by Crippen LogP contribution is -3.12. The van der Waals surface area contributed by atoms with Gasteiger partial charge in [-0.15, -0.1) is 0 Å². The summed E-state index contributed by atoms with van der Waals surface area (Å²) in [6.45, 7) is 7.72. The van der Waals surface area contributed by atoms with Crippen molar-refractivity contribution in [2.24, 2.45) is 5.92 Å². The Labute approximate surface area is 138 Å². The smallest absolute Gasteiger partial charge is 0.314 e. The van der Waals surface area contributed by atoms with E-state index in [9.17, 15) is 4.79 Å². The minimum Gasteiger partial charge on any atom is -0.493 e. The number of ether oxygens (including phenoxy) is 3. The lowest BCUT2D eigenvalue weighted by atomic mass is 9.97. The summed E-state index contributed by atoms with van der Waals surface area (Å²) < 4.78 is 16.1. The molecule has 1 aliphatic rings. The van der Waals surface area contributed by atoms with Gasteiger partial charge >= 0.3 is 5.97 Å². The van der Waals surface area contributed by atoms with E-state index in [4.69, 9.17) is 14.2 Å². The van der Waals surface area contributed by atoms with Crippen molar-refractivity contribution in [1.29, 1.82) is 0 Å². The van der Waals surface area contributed by atoms with Crippen LogP contribution < -0.4 is 14.4 Å². The maximum atomic E-state index is 11.9. The van der Waals surface area contributed by atoms with E-state index in [2.05, 4.69) is 6.07 Å². The molecule has 1 saturated heterocycles. The molecule has 0 aromatic heterocycles. The fourth-order valence-corrected chi connectivity index (χ4v) is 3.16. The van der Waals surface area contributed by atoms with E-state index in [-0.39, 0.29) is 11.9 Å². The molecule has 2 rings (SSSR count). The van der Waals surface area contributed by atoms with E-state index in [0.717, 1.165) is 44.0 Å². The van der Waals surface area contributed by atoms with Gasteiger partial charge in [-0.25, -0.2) is 0 Å². The van der Waals surface area contributed by atoms with Crippen LogP contribution in [-0.2, 0) is 16.1 Å². The van der Waals surface area contributed by atoms with Crippen molar-refractivity contribution in [3.05, 3.63) is 23.8 Å². The first-order chi connectivity index (χ1) is 11.2. The summed E-state index contributed by atoms with van der Waals surface area (Å²) in [6.07, 6.45) is 2.00. The second-order valence-corrected chi connectivity index (χ2v) is 5.89. The number of esters is 1. The Kier molecular flexibility index (Phi) is 6.71. The molecule has 0 bridgehead atoms. The molecule has 0 aliphatic carbocycles. The van der Waals surface area contributed by atoms with Crippen molar-refractivity contribution < 1.29 is 23.9 Å². The first kappa shape index (κ1) is 17.6. The molecule has 128 valence electrons. The molecule has 1 N–H and O–H groups in total. The van der Waals surface area contributed by atoms with Gasteiger partial charge in [-0.2, -0.15) is 0 Å². The zero-order valence-corrected chi connectivity index (χ0v) is 14.4. The number of quaternary nitrogens is 1. The number of piperidine rings is 1. The lowest BCUT2D eigenvalue weighted by molar-refractivity contribution is -0.921. The summed E-state index contributed by atoms with van der Waals surface area (Å²) in [5.41, 5.74) is 1.20. The number of hydrogen-bond donors (Lipinski definition) is 1. The largest absolute Gasteiger partial charge is 0.493 e. The molecule has 5 heteroatoms. The minimum atomic E-state index is -0.0468. The van der Waals surface area contributed by atoms with Gasteiger partial charge in [0.1, 0.15) is 12.5 Å². The lowest BCUT2D eigenvalue weighted by Gasteiger charge is -2.28. The molecule has 0 saturated carbocycles. The third-order valence-corrected chi connectivity index (χ3v) is 4.22. The minimum absolute atomic E-state index is 0.0308. The van der Waals surface area contributed by atoms with Gasteiger partial charge in [-0.3, -0.25) is 4.79 Å². The third-order valence-electron chi connectivity index (χ3n) is 4.22. The molecule has 23 heavy (non-hydrogen) atoms. The molecule has 1 heterocycles. The van der Waals surface area contributed by atoms with Crippen LogP contribution in [0.5, 0.6) is 11.5 Å². The fourth-order valence-electron chi connectivity index (χ4n) is 3.16. The summed E-state index contributed by atoms with van der Waals surface area (Å²) in [5, 5.41) is 0. The number of benzene rings is 1. The summed E-state index contributed by atoms with van der Waals surface area (Å²) in [7, 11) is 1.65. The highest BCUT2D eigenvalue weighted by atomic mass is 16.5.